The molecular formula is C11H12N2O7S. The van der Waals surface area contributed by atoms with E-state index in [1.54, 1.807) is 0 Å². The largest absolute Gasteiger partial charge is 0.480 e. The summed E-state index contributed by atoms with van der Waals surface area (Å²) in [4.78, 5) is 31.3. The van der Waals surface area contributed by atoms with Gasteiger partial charge in [0.2, 0.25) is 10.0 Å². The second kappa shape index (κ2) is 6.41. The number of hydrogen-bond acceptors (Lipinski definition) is 6. The zero-order chi connectivity index (χ0) is 16.2. The number of nitro benzene ring substituents is 1. The number of benzene rings is 1. The van der Waals surface area contributed by atoms with Gasteiger partial charge < -0.3 is 5.11 Å². The van der Waals surface area contributed by atoms with E-state index < -0.39 is 39.2 Å². The number of Topliss-reactive ketones (excluding diaryl/α,β-unsaturated/α-hetero) is 1. The van der Waals surface area contributed by atoms with Crippen molar-refractivity contribution in [2.45, 2.75) is 24.3 Å². The molecule has 0 fully saturated rings. The van der Waals surface area contributed by atoms with Crippen LogP contribution in [0.25, 0.3) is 0 Å². The van der Waals surface area contributed by atoms with Crippen molar-refractivity contribution in [2.24, 2.45) is 0 Å². The Balaban J connectivity index is 3.01. The molecular weight excluding hydrogens is 304 g/mol. The van der Waals surface area contributed by atoms with Crippen molar-refractivity contribution in [3.8, 4) is 0 Å². The minimum atomic E-state index is -4.20. The Kier molecular flexibility index (Phi) is 5.11. The Morgan fingerprint density at radius 2 is 1.86 bits per heavy atom. The van der Waals surface area contributed by atoms with Crippen molar-refractivity contribution in [3.05, 3.63) is 34.4 Å². The van der Waals surface area contributed by atoms with E-state index in [0.29, 0.717) is 0 Å². The fourth-order valence-electron chi connectivity index (χ4n) is 1.47. The van der Waals surface area contributed by atoms with E-state index in [4.69, 9.17) is 5.11 Å². The molecule has 9 nitrogen and oxygen atoms in total. The van der Waals surface area contributed by atoms with Crippen molar-refractivity contribution >= 4 is 27.5 Å². The van der Waals surface area contributed by atoms with Gasteiger partial charge in [-0.05, 0) is 19.1 Å². The lowest BCUT2D eigenvalue weighted by molar-refractivity contribution is -0.384. The van der Waals surface area contributed by atoms with Gasteiger partial charge in [-0.1, -0.05) is 0 Å². The number of carbonyl (C=O) groups excluding carboxylic acids is 1. The third kappa shape index (κ3) is 4.61. The van der Waals surface area contributed by atoms with Crippen LogP contribution in [0.2, 0.25) is 0 Å². The first-order chi connectivity index (χ1) is 9.63. The zero-order valence-electron chi connectivity index (χ0n) is 10.8. The highest BCUT2D eigenvalue weighted by atomic mass is 32.2. The number of nitrogens with zero attached hydrogens (tertiary/aromatic N) is 1. The zero-order valence-corrected chi connectivity index (χ0v) is 11.7. The normalized spacial score (nSPS) is 12.6. The predicted molar refractivity (Wildman–Crippen MR) is 70.1 cm³/mol. The molecule has 0 saturated heterocycles. The van der Waals surface area contributed by atoms with Crippen LogP contribution in [0.1, 0.15) is 13.3 Å². The number of nitro groups is 1. The monoisotopic (exact) mass is 316 g/mol. The molecule has 0 heterocycles. The summed E-state index contributed by atoms with van der Waals surface area (Å²) in [6.07, 6.45) is -0.498. The quantitative estimate of drug-likeness (QED) is 0.544. The molecule has 0 bridgehead atoms. The number of carboxylic acid groups (broad SMARTS) is 1. The summed E-state index contributed by atoms with van der Waals surface area (Å²) in [6.45, 7) is 1.14. The lowest BCUT2D eigenvalue weighted by Gasteiger charge is -2.13. The van der Waals surface area contributed by atoms with Gasteiger partial charge in [-0.15, -0.1) is 0 Å². The highest BCUT2D eigenvalue weighted by molar-refractivity contribution is 7.89. The summed E-state index contributed by atoms with van der Waals surface area (Å²) in [6, 6.07) is 2.33. The van der Waals surface area contributed by atoms with Gasteiger partial charge in [0.05, 0.1) is 9.82 Å². The van der Waals surface area contributed by atoms with Gasteiger partial charge in [0.25, 0.3) is 5.69 Å². The first-order valence-corrected chi connectivity index (χ1v) is 7.11. The van der Waals surface area contributed by atoms with E-state index in [0.717, 1.165) is 31.2 Å². The molecule has 114 valence electrons. The molecule has 0 spiro atoms. The lowest BCUT2D eigenvalue weighted by atomic mass is 10.2. The van der Waals surface area contributed by atoms with Gasteiger partial charge >= 0.3 is 5.97 Å². The number of non-ortho nitro benzene ring substituents is 1. The molecule has 2 N–H and O–H groups in total. The van der Waals surface area contributed by atoms with Crippen molar-refractivity contribution < 1.29 is 28.0 Å². The van der Waals surface area contributed by atoms with Crippen molar-refractivity contribution in [2.75, 3.05) is 0 Å². The Morgan fingerprint density at radius 3 is 2.24 bits per heavy atom. The average Bonchev–Trinajstić information content (AvgIpc) is 2.37. The second-order valence-electron chi connectivity index (χ2n) is 4.17. The van der Waals surface area contributed by atoms with Crippen LogP contribution < -0.4 is 4.72 Å². The Morgan fingerprint density at radius 1 is 1.33 bits per heavy atom. The summed E-state index contributed by atoms with van der Waals surface area (Å²) >= 11 is 0. The summed E-state index contributed by atoms with van der Waals surface area (Å²) in [5.74, 6) is -1.98. The maximum atomic E-state index is 12.0. The predicted octanol–water partition coefficient (Wildman–Crippen LogP) is 0.305. The number of nitrogens with one attached hydrogen (secondary N) is 1. The van der Waals surface area contributed by atoms with E-state index >= 15 is 0 Å². The highest BCUT2D eigenvalue weighted by Crippen LogP contribution is 2.16. The first kappa shape index (κ1) is 16.7. The Hall–Kier alpha value is -2.33. The molecule has 1 rings (SSSR count). The SMILES string of the molecule is CC(=O)CC(NS(=O)(=O)c1ccc([N+](=O)[O-])cc1)C(=O)O. The number of sulfonamides is 1. The molecule has 0 aromatic heterocycles. The molecule has 1 aromatic carbocycles. The van der Waals surface area contributed by atoms with Gasteiger partial charge in [-0.25, -0.2) is 8.42 Å². The van der Waals surface area contributed by atoms with Gasteiger partial charge in [0, 0.05) is 18.6 Å². The molecule has 0 radical (unpaired) electrons. The molecule has 0 saturated carbocycles. The lowest BCUT2D eigenvalue weighted by Crippen LogP contribution is -2.41. The van der Waals surface area contributed by atoms with Crippen LogP contribution in [0.15, 0.2) is 29.2 Å². The third-order valence-corrected chi connectivity index (χ3v) is 3.93. The van der Waals surface area contributed by atoms with Crippen LogP contribution in [0.3, 0.4) is 0 Å². The maximum absolute atomic E-state index is 12.0. The fourth-order valence-corrected chi connectivity index (χ4v) is 2.66. The van der Waals surface area contributed by atoms with Gasteiger partial charge in [0.15, 0.2) is 0 Å². The molecule has 0 aliphatic rings. The van der Waals surface area contributed by atoms with Crippen LogP contribution in [-0.4, -0.2) is 36.2 Å². The summed E-state index contributed by atoms with van der Waals surface area (Å²) in [5, 5.41) is 19.4. The molecule has 10 heteroatoms. The van der Waals surface area contributed by atoms with Crippen LogP contribution in [0, 0.1) is 10.1 Å². The molecule has 0 amide bonds. The fraction of sp³-hybridized carbons (Fsp3) is 0.273. The number of carbonyl (C=O) groups is 2. The third-order valence-electron chi connectivity index (χ3n) is 2.44. The first-order valence-electron chi connectivity index (χ1n) is 5.62. The standard InChI is InChI=1S/C11H12N2O7S/c1-7(14)6-10(11(15)16)12-21(19,20)9-4-2-8(3-5-9)13(17)18/h2-5,10,12H,6H2,1H3,(H,15,16). The second-order valence-corrected chi connectivity index (χ2v) is 5.88. The topological polar surface area (TPSA) is 144 Å². The summed E-state index contributed by atoms with van der Waals surface area (Å²) < 4.78 is 25.8. The molecule has 21 heavy (non-hydrogen) atoms. The summed E-state index contributed by atoms with van der Waals surface area (Å²) in [7, 11) is -4.20. The molecule has 1 unspecified atom stereocenters. The molecule has 0 aliphatic heterocycles. The highest BCUT2D eigenvalue weighted by Gasteiger charge is 2.26. The number of ketones is 1. The smallest absolute Gasteiger partial charge is 0.322 e. The van der Waals surface area contributed by atoms with Crippen molar-refractivity contribution in [3.63, 3.8) is 0 Å². The van der Waals surface area contributed by atoms with E-state index in [1.165, 1.54) is 0 Å². The van der Waals surface area contributed by atoms with Crippen LogP contribution >= 0.6 is 0 Å². The van der Waals surface area contributed by atoms with Crippen LogP contribution in [0.5, 0.6) is 0 Å². The minimum absolute atomic E-state index is 0.299. The number of carboxylic acids is 1. The van der Waals surface area contributed by atoms with E-state index in [2.05, 4.69) is 0 Å². The number of rotatable bonds is 7. The van der Waals surface area contributed by atoms with Crippen molar-refractivity contribution in [1.82, 2.24) is 4.72 Å². The minimum Gasteiger partial charge on any atom is -0.480 e. The Bertz CT molecular complexity index is 666. The van der Waals surface area contributed by atoms with Crippen LogP contribution in [0.4, 0.5) is 5.69 Å². The number of hydrogen-bond donors (Lipinski definition) is 2. The molecule has 1 atom stereocenters. The van der Waals surface area contributed by atoms with E-state index in [-0.39, 0.29) is 10.6 Å². The van der Waals surface area contributed by atoms with Crippen LogP contribution in [-0.2, 0) is 19.6 Å². The molecule has 1 aromatic rings. The van der Waals surface area contributed by atoms with E-state index in [9.17, 15) is 28.1 Å². The average molecular weight is 316 g/mol. The van der Waals surface area contributed by atoms with Crippen molar-refractivity contribution in [1.29, 1.82) is 0 Å². The van der Waals surface area contributed by atoms with Gasteiger partial charge in [0.1, 0.15) is 11.8 Å². The summed E-state index contributed by atoms with van der Waals surface area (Å²) in [5.41, 5.74) is -0.299. The molecule has 0 aliphatic carbocycles. The Labute approximate surface area is 119 Å². The van der Waals surface area contributed by atoms with E-state index in [1.807, 2.05) is 4.72 Å². The number of aliphatic carboxylic acids is 1. The van der Waals surface area contributed by atoms with Gasteiger partial charge in [-0.3, -0.25) is 19.7 Å². The van der Waals surface area contributed by atoms with Gasteiger partial charge in [-0.2, -0.15) is 4.72 Å². The maximum Gasteiger partial charge on any atom is 0.322 e.